The number of hydrogen-bond donors (Lipinski definition) is 1. The second kappa shape index (κ2) is 4.80. The number of rotatable bonds is 2. The van der Waals surface area contributed by atoms with E-state index in [1.54, 1.807) is 18.2 Å². The van der Waals surface area contributed by atoms with Gasteiger partial charge in [0.25, 0.3) is 0 Å². The number of benzene rings is 1. The average molecular weight is 354 g/mol. The molecular weight excluding hydrogens is 344 g/mol. The van der Waals surface area contributed by atoms with Crippen LogP contribution in [0.3, 0.4) is 0 Å². The molecule has 98 valence electrons. The standard InChI is InChI=1S/C10H10BrClN2O3S/c11-8-3-6(12)1-2-9(8)14-5-7(4-10(14)15)18(13,16)17/h1-3,7H,4-5H2,(H2,13,16,17). The van der Waals surface area contributed by atoms with Gasteiger partial charge in [-0.15, -0.1) is 0 Å². The van der Waals surface area contributed by atoms with Crippen LogP contribution in [0, 0.1) is 0 Å². The molecule has 1 aliphatic heterocycles. The fourth-order valence-electron chi connectivity index (χ4n) is 1.83. The summed E-state index contributed by atoms with van der Waals surface area (Å²) in [5, 5.41) is 4.74. The maximum Gasteiger partial charge on any atom is 0.228 e. The first kappa shape index (κ1) is 13.8. The third-order valence-corrected chi connectivity index (χ3v) is 4.87. The summed E-state index contributed by atoms with van der Waals surface area (Å²) in [6.45, 7) is 0.0674. The number of carbonyl (C=O) groups excluding carboxylic acids is 1. The topological polar surface area (TPSA) is 80.5 Å². The van der Waals surface area contributed by atoms with Gasteiger partial charge in [-0.2, -0.15) is 0 Å². The molecule has 0 saturated carbocycles. The van der Waals surface area contributed by atoms with Gasteiger partial charge in [-0.3, -0.25) is 4.79 Å². The zero-order valence-electron chi connectivity index (χ0n) is 9.14. The highest BCUT2D eigenvalue weighted by Crippen LogP contribution is 2.32. The van der Waals surface area contributed by atoms with Crippen molar-refractivity contribution in [2.24, 2.45) is 5.14 Å². The highest BCUT2D eigenvalue weighted by Gasteiger charge is 2.37. The molecule has 8 heteroatoms. The Morgan fingerprint density at radius 3 is 2.61 bits per heavy atom. The van der Waals surface area contributed by atoms with E-state index in [1.807, 2.05) is 0 Å². The molecule has 0 radical (unpaired) electrons. The molecule has 1 saturated heterocycles. The van der Waals surface area contributed by atoms with E-state index in [1.165, 1.54) is 4.90 Å². The van der Waals surface area contributed by atoms with Crippen LogP contribution in [-0.4, -0.2) is 26.1 Å². The number of nitrogens with zero attached hydrogens (tertiary/aromatic N) is 1. The van der Waals surface area contributed by atoms with Gasteiger partial charge < -0.3 is 4.90 Å². The lowest BCUT2D eigenvalue weighted by Gasteiger charge is -2.18. The first-order chi connectivity index (χ1) is 8.29. The first-order valence-corrected chi connectivity index (χ1v) is 7.84. The van der Waals surface area contributed by atoms with Crippen molar-refractivity contribution in [3.63, 3.8) is 0 Å². The Morgan fingerprint density at radius 2 is 2.11 bits per heavy atom. The number of amides is 1. The van der Waals surface area contributed by atoms with E-state index >= 15 is 0 Å². The Morgan fingerprint density at radius 1 is 1.44 bits per heavy atom. The number of carbonyl (C=O) groups is 1. The van der Waals surface area contributed by atoms with Crippen LogP contribution in [0.25, 0.3) is 0 Å². The molecule has 1 unspecified atom stereocenters. The van der Waals surface area contributed by atoms with Crippen LogP contribution in [0.15, 0.2) is 22.7 Å². The number of nitrogens with two attached hydrogens (primary N) is 1. The highest BCUT2D eigenvalue weighted by atomic mass is 79.9. The molecule has 1 aromatic carbocycles. The number of primary sulfonamides is 1. The Labute approximate surface area is 118 Å². The van der Waals surface area contributed by atoms with Crippen molar-refractivity contribution in [1.29, 1.82) is 0 Å². The number of halogens is 2. The maximum absolute atomic E-state index is 11.8. The SMILES string of the molecule is NS(=O)(=O)C1CC(=O)N(c2ccc(Cl)cc2Br)C1. The Hall–Kier alpha value is -0.630. The van der Waals surface area contributed by atoms with Gasteiger partial charge in [0, 0.05) is 22.5 Å². The summed E-state index contributed by atoms with van der Waals surface area (Å²) in [4.78, 5) is 13.2. The first-order valence-electron chi connectivity index (χ1n) is 5.06. The molecule has 5 nitrogen and oxygen atoms in total. The zero-order valence-corrected chi connectivity index (χ0v) is 12.3. The quantitative estimate of drug-likeness (QED) is 0.875. The average Bonchev–Trinajstić information content (AvgIpc) is 2.60. The Kier molecular flexibility index (Phi) is 3.68. The number of sulfonamides is 1. The van der Waals surface area contributed by atoms with Crippen molar-refractivity contribution in [3.05, 3.63) is 27.7 Å². The van der Waals surface area contributed by atoms with Gasteiger partial charge in [0.2, 0.25) is 15.9 Å². The fraction of sp³-hybridized carbons (Fsp3) is 0.300. The van der Waals surface area contributed by atoms with Crippen LogP contribution in [0.2, 0.25) is 5.02 Å². The maximum atomic E-state index is 11.8. The molecule has 1 aliphatic rings. The molecule has 0 aromatic heterocycles. The smallest absolute Gasteiger partial charge is 0.228 e. The van der Waals surface area contributed by atoms with Crippen molar-refractivity contribution in [3.8, 4) is 0 Å². The van der Waals surface area contributed by atoms with Gasteiger partial charge >= 0.3 is 0 Å². The van der Waals surface area contributed by atoms with Gasteiger partial charge in [-0.1, -0.05) is 11.6 Å². The van der Waals surface area contributed by atoms with Crippen LogP contribution in [-0.2, 0) is 14.8 Å². The minimum atomic E-state index is -3.70. The Bertz CT molecular complexity index is 605. The van der Waals surface area contributed by atoms with Crippen molar-refractivity contribution >= 4 is 49.1 Å². The summed E-state index contributed by atoms with van der Waals surface area (Å²) >= 11 is 9.11. The largest absolute Gasteiger partial charge is 0.310 e. The van der Waals surface area contributed by atoms with Gasteiger partial charge in [-0.05, 0) is 34.1 Å². The van der Waals surface area contributed by atoms with Crippen molar-refractivity contribution in [2.75, 3.05) is 11.4 Å². The van der Waals surface area contributed by atoms with Crippen molar-refractivity contribution in [2.45, 2.75) is 11.7 Å². The Balaban J connectivity index is 2.33. The molecule has 0 aliphatic carbocycles. The lowest BCUT2D eigenvalue weighted by Crippen LogP contribution is -2.32. The number of anilines is 1. The molecule has 0 spiro atoms. The predicted molar refractivity (Wildman–Crippen MR) is 73.0 cm³/mol. The van der Waals surface area contributed by atoms with E-state index in [9.17, 15) is 13.2 Å². The van der Waals surface area contributed by atoms with Crippen LogP contribution in [0.5, 0.6) is 0 Å². The van der Waals surface area contributed by atoms with E-state index < -0.39 is 15.3 Å². The van der Waals surface area contributed by atoms with E-state index in [2.05, 4.69) is 15.9 Å². The summed E-state index contributed by atoms with van der Waals surface area (Å²) in [5.41, 5.74) is 0.593. The van der Waals surface area contributed by atoms with Crippen LogP contribution in [0.4, 0.5) is 5.69 Å². The summed E-state index contributed by atoms with van der Waals surface area (Å²) in [6.07, 6.45) is -0.0894. The molecule has 0 bridgehead atoms. The molecule has 1 heterocycles. The zero-order chi connectivity index (χ0) is 13.5. The lowest BCUT2D eigenvalue weighted by molar-refractivity contribution is -0.117. The predicted octanol–water partition coefficient (Wildman–Crippen LogP) is 1.50. The minimum Gasteiger partial charge on any atom is -0.310 e. The monoisotopic (exact) mass is 352 g/mol. The van der Waals surface area contributed by atoms with E-state index in [0.29, 0.717) is 15.2 Å². The van der Waals surface area contributed by atoms with Gasteiger partial charge in [0.05, 0.1) is 5.69 Å². The van der Waals surface area contributed by atoms with Crippen molar-refractivity contribution in [1.82, 2.24) is 0 Å². The van der Waals surface area contributed by atoms with E-state index in [0.717, 1.165) is 0 Å². The minimum absolute atomic E-state index is 0.0674. The molecule has 18 heavy (non-hydrogen) atoms. The summed E-state index contributed by atoms with van der Waals surface area (Å²) in [7, 11) is -3.70. The summed E-state index contributed by atoms with van der Waals surface area (Å²) in [6, 6.07) is 4.95. The van der Waals surface area contributed by atoms with Gasteiger partial charge in [0.1, 0.15) is 5.25 Å². The van der Waals surface area contributed by atoms with Crippen LogP contribution >= 0.6 is 27.5 Å². The van der Waals surface area contributed by atoms with Gasteiger partial charge in [0.15, 0.2) is 0 Å². The summed E-state index contributed by atoms with van der Waals surface area (Å²) in [5.74, 6) is -0.267. The lowest BCUT2D eigenvalue weighted by atomic mass is 10.3. The van der Waals surface area contributed by atoms with E-state index in [4.69, 9.17) is 16.7 Å². The van der Waals surface area contributed by atoms with Crippen LogP contribution < -0.4 is 10.0 Å². The molecule has 1 aromatic rings. The van der Waals surface area contributed by atoms with E-state index in [-0.39, 0.29) is 18.9 Å². The molecule has 2 N–H and O–H groups in total. The third kappa shape index (κ3) is 2.69. The van der Waals surface area contributed by atoms with Crippen molar-refractivity contribution < 1.29 is 13.2 Å². The normalized spacial score (nSPS) is 20.5. The summed E-state index contributed by atoms with van der Waals surface area (Å²) < 4.78 is 23.2. The second-order valence-corrected chi connectivity index (χ2v) is 7.15. The van der Waals surface area contributed by atoms with Crippen LogP contribution in [0.1, 0.15) is 6.42 Å². The molecule has 1 atom stereocenters. The third-order valence-electron chi connectivity index (χ3n) is 2.75. The molecule has 1 fully saturated rings. The molecule has 1 amide bonds. The number of hydrogen-bond acceptors (Lipinski definition) is 3. The fourth-order valence-corrected chi connectivity index (χ4v) is 3.46. The second-order valence-electron chi connectivity index (χ2n) is 4.02. The molecule has 2 rings (SSSR count). The molecular formula is C10H10BrClN2O3S. The van der Waals surface area contributed by atoms with Gasteiger partial charge in [-0.25, -0.2) is 13.6 Å². The highest BCUT2D eigenvalue weighted by molar-refractivity contribution is 9.10.